The molecule has 2 rings (SSSR count). The summed E-state index contributed by atoms with van der Waals surface area (Å²) in [5, 5.41) is 0. The van der Waals surface area contributed by atoms with Crippen molar-refractivity contribution in [2.75, 3.05) is 28.3 Å². The quantitative estimate of drug-likeness (QED) is 0.798. The second-order valence-corrected chi connectivity index (χ2v) is 5.69. The summed E-state index contributed by atoms with van der Waals surface area (Å²) in [5.41, 5.74) is 1.78. The number of carbonyl (C=O) groups excluding carboxylic acids is 1. The third kappa shape index (κ3) is 3.62. The number of carbonyl (C=O) groups is 1. The Morgan fingerprint density at radius 3 is 2.41 bits per heavy atom. The monoisotopic (exact) mass is 325 g/mol. The fraction of sp³-hybridized carbons (Fsp3) is 0.471. The van der Waals surface area contributed by atoms with Gasteiger partial charge in [-0.05, 0) is 44.6 Å². The molecule has 2 unspecified atom stereocenters. The third-order valence-corrected chi connectivity index (χ3v) is 4.07. The molecule has 0 N–H and O–H groups in total. The normalized spacial score (nSPS) is 22.8. The van der Waals surface area contributed by atoms with Crippen molar-refractivity contribution >= 4 is 24.3 Å². The smallest absolute Gasteiger partial charge is 0.176 e. The number of halogens is 1. The molecule has 0 heterocycles. The van der Waals surface area contributed by atoms with E-state index in [0.29, 0.717) is 0 Å². The molecule has 1 aliphatic rings. The molecule has 22 heavy (non-hydrogen) atoms. The van der Waals surface area contributed by atoms with Gasteiger partial charge in [0.15, 0.2) is 5.78 Å². The number of hydrogen-bond acceptors (Lipinski definition) is 4. The molecule has 122 valence electrons. The van der Waals surface area contributed by atoms with Gasteiger partial charge in [-0.3, -0.25) is 9.69 Å². The lowest BCUT2D eigenvalue weighted by Crippen LogP contribution is -2.31. The average molecular weight is 326 g/mol. The predicted molar refractivity (Wildman–Crippen MR) is 91.0 cm³/mol. The Kier molecular flexibility index (Phi) is 6.45. The highest BCUT2D eigenvalue weighted by Crippen LogP contribution is 2.34. The van der Waals surface area contributed by atoms with Crippen LogP contribution in [-0.2, 0) is 4.79 Å². The van der Waals surface area contributed by atoms with E-state index in [4.69, 9.17) is 9.47 Å². The first-order chi connectivity index (χ1) is 9.97. The first kappa shape index (κ1) is 18.5. The zero-order valence-electron chi connectivity index (χ0n) is 13.8. The Morgan fingerprint density at radius 1 is 1.23 bits per heavy atom. The van der Waals surface area contributed by atoms with Crippen LogP contribution in [0.2, 0.25) is 0 Å². The van der Waals surface area contributed by atoms with Crippen molar-refractivity contribution in [1.29, 1.82) is 0 Å². The Hall–Kier alpha value is -1.52. The minimum absolute atomic E-state index is 0. The van der Waals surface area contributed by atoms with Crippen molar-refractivity contribution in [3.8, 4) is 11.5 Å². The number of nitrogens with zero attached hydrogens (tertiary/aromatic N) is 1. The number of likely N-dealkylation sites (N-methyl/N-ethyl adjacent to an activating group) is 1. The maximum atomic E-state index is 12.5. The molecule has 0 radical (unpaired) electrons. The molecule has 0 bridgehead atoms. The number of ketones is 1. The van der Waals surface area contributed by atoms with Gasteiger partial charge in [0.05, 0.1) is 20.3 Å². The van der Waals surface area contributed by atoms with E-state index in [1.165, 1.54) is 0 Å². The van der Waals surface area contributed by atoms with Crippen molar-refractivity contribution in [3.05, 3.63) is 29.3 Å². The van der Waals surface area contributed by atoms with Gasteiger partial charge in [-0.2, -0.15) is 0 Å². The Labute approximate surface area is 138 Å². The third-order valence-electron chi connectivity index (χ3n) is 4.07. The molecule has 0 aliphatic heterocycles. The summed E-state index contributed by atoms with van der Waals surface area (Å²) in [4.78, 5) is 14.5. The highest BCUT2D eigenvalue weighted by atomic mass is 35.5. The largest absolute Gasteiger partial charge is 0.497 e. The fourth-order valence-corrected chi connectivity index (χ4v) is 2.77. The summed E-state index contributed by atoms with van der Waals surface area (Å²) in [6.45, 7) is 2.10. The van der Waals surface area contributed by atoms with Crippen LogP contribution in [0.15, 0.2) is 23.8 Å². The van der Waals surface area contributed by atoms with Crippen molar-refractivity contribution in [2.24, 2.45) is 5.92 Å². The molecule has 1 fully saturated rings. The average Bonchev–Trinajstić information content (AvgIpc) is 2.75. The standard InChI is InChI=1S/C17H23NO3.ClH/c1-11-8-15(18(2)3)17(19)14(11)9-12-6-7-13(20-4)10-16(12)21-5;/h6-7,9-11,15H,8H2,1-5H3;1H. The maximum absolute atomic E-state index is 12.5. The predicted octanol–water partition coefficient (Wildman–Crippen LogP) is 3.05. The van der Waals surface area contributed by atoms with Crippen LogP contribution in [-0.4, -0.2) is 45.0 Å². The molecule has 1 aromatic rings. The van der Waals surface area contributed by atoms with E-state index in [-0.39, 0.29) is 30.2 Å². The molecule has 0 saturated heterocycles. The number of methoxy groups -OCH3 is 2. The number of hydrogen-bond donors (Lipinski definition) is 0. The van der Waals surface area contributed by atoms with Crippen LogP contribution >= 0.6 is 12.4 Å². The second-order valence-electron chi connectivity index (χ2n) is 5.69. The molecule has 0 aromatic heterocycles. The second kappa shape index (κ2) is 7.65. The van der Waals surface area contributed by atoms with Gasteiger partial charge in [0.1, 0.15) is 11.5 Å². The van der Waals surface area contributed by atoms with Gasteiger partial charge < -0.3 is 9.47 Å². The Balaban J connectivity index is 0.00000242. The molecule has 2 atom stereocenters. The number of ether oxygens (including phenoxy) is 2. The van der Waals surface area contributed by atoms with Crippen molar-refractivity contribution in [3.63, 3.8) is 0 Å². The van der Waals surface area contributed by atoms with Gasteiger partial charge in [-0.1, -0.05) is 6.92 Å². The lowest BCUT2D eigenvalue weighted by Gasteiger charge is -2.16. The highest BCUT2D eigenvalue weighted by Gasteiger charge is 2.36. The Bertz CT molecular complexity index is 569. The van der Waals surface area contributed by atoms with Crippen molar-refractivity contribution in [1.82, 2.24) is 4.90 Å². The molecule has 5 heteroatoms. The Morgan fingerprint density at radius 2 is 1.91 bits per heavy atom. The van der Waals surface area contributed by atoms with Gasteiger partial charge in [-0.25, -0.2) is 0 Å². The van der Waals surface area contributed by atoms with Crippen LogP contribution in [0.4, 0.5) is 0 Å². The zero-order chi connectivity index (χ0) is 15.6. The lowest BCUT2D eigenvalue weighted by molar-refractivity contribution is -0.118. The molecule has 4 nitrogen and oxygen atoms in total. The van der Waals surface area contributed by atoms with Crippen LogP contribution < -0.4 is 9.47 Å². The first-order valence-electron chi connectivity index (χ1n) is 7.12. The molecule has 1 saturated carbocycles. The van der Waals surface area contributed by atoms with E-state index in [0.717, 1.165) is 29.1 Å². The minimum Gasteiger partial charge on any atom is -0.497 e. The number of Topliss-reactive ketones (excluding diaryl/α,β-unsaturated/α-hetero) is 1. The summed E-state index contributed by atoms with van der Waals surface area (Å²) in [7, 11) is 7.15. The molecule has 0 amide bonds. The van der Waals surface area contributed by atoms with Gasteiger partial charge >= 0.3 is 0 Å². The van der Waals surface area contributed by atoms with Gasteiger partial charge in [0.25, 0.3) is 0 Å². The van der Waals surface area contributed by atoms with E-state index in [1.54, 1.807) is 14.2 Å². The molecular weight excluding hydrogens is 302 g/mol. The summed E-state index contributed by atoms with van der Waals surface area (Å²) >= 11 is 0. The maximum Gasteiger partial charge on any atom is 0.176 e. The molecule has 0 spiro atoms. The van der Waals surface area contributed by atoms with Crippen molar-refractivity contribution in [2.45, 2.75) is 19.4 Å². The van der Waals surface area contributed by atoms with E-state index in [1.807, 2.05) is 43.3 Å². The van der Waals surface area contributed by atoms with Crippen LogP contribution in [0.25, 0.3) is 6.08 Å². The molecule has 1 aliphatic carbocycles. The van der Waals surface area contributed by atoms with Crippen LogP contribution in [0, 0.1) is 5.92 Å². The first-order valence-corrected chi connectivity index (χ1v) is 7.12. The van der Waals surface area contributed by atoms with E-state index in [2.05, 4.69) is 6.92 Å². The van der Waals surface area contributed by atoms with E-state index in [9.17, 15) is 4.79 Å². The highest BCUT2D eigenvalue weighted by molar-refractivity contribution is 6.06. The number of rotatable bonds is 4. The van der Waals surface area contributed by atoms with E-state index < -0.39 is 0 Å². The minimum atomic E-state index is -0.0181. The SMILES string of the molecule is COc1ccc(C=C2C(=O)C(N(C)C)CC2C)c(OC)c1.Cl. The van der Waals surface area contributed by atoms with Crippen LogP contribution in [0.1, 0.15) is 18.9 Å². The van der Waals surface area contributed by atoms with E-state index >= 15 is 0 Å². The summed E-state index contributed by atoms with van der Waals surface area (Å²) in [5.74, 6) is 1.93. The fourth-order valence-electron chi connectivity index (χ4n) is 2.77. The number of benzene rings is 1. The topological polar surface area (TPSA) is 38.8 Å². The zero-order valence-corrected chi connectivity index (χ0v) is 14.6. The summed E-state index contributed by atoms with van der Waals surface area (Å²) in [6.07, 6.45) is 2.82. The lowest BCUT2D eigenvalue weighted by atomic mass is 10.0. The van der Waals surface area contributed by atoms with Gasteiger partial charge in [-0.15, -0.1) is 12.4 Å². The van der Waals surface area contributed by atoms with Crippen LogP contribution in [0.5, 0.6) is 11.5 Å². The molecule has 1 aromatic carbocycles. The summed E-state index contributed by atoms with van der Waals surface area (Å²) < 4.78 is 10.6. The van der Waals surface area contributed by atoms with Crippen molar-refractivity contribution < 1.29 is 14.3 Å². The van der Waals surface area contributed by atoms with Crippen LogP contribution in [0.3, 0.4) is 0 Å². The molecular formula is C17H24ClNO3. The van der Waals surface area contributed by atoms with Gasteiger partial charge in [0, 0.05) is 17.2 Å². The summed E-state index contributed by atoms with van der Waals surface area (Å²) in [6, 6.07) is 5.62. The van der Waals surface area contributed by atoms with Gasteiger partial charge in [0.2, 0.25) is 0 Å².